The van der Waals surface area contributed by atoms with E-state index in [0.717, 1.165) is 0 Å². The van der Waals surface area contributed by atoms with Crippen molar-refractivity contribution in [1.82, 2.24) is 0 Å². The molecule has 0 fully saturated rings. The van der Waals surface area contributed by atoms with Crippen LogP contribution in [0.1, 0.15) is 20.9 Å². The molecule has 8 heteroatoms. The van der Waals surface area contributed by atoms with Gasteiger partial charge in [-0.3, -0.25) is 9.59 Å². The van der Waals surface area contributed by atoms with Gasteiger partial charge in [-0.25, -0.2) is 0 Å². The van der Waals surface area contributed by atoms with E-state index in [1.165, 1.54) is 25.5 Å². The summed E-state index contributed by atoms with van der Waals surface area (Å²) in [6, 6.07) is 12.8. The SMILES string of the molecule is COc1c(Cl)cc(Cl)cc1C(=O)Nc1cccc(NC(=O)c2ccco2)c1. The molecule has 27 heavy (non-hydrogen) atoms. The van der Waals surface area contributed by atoms with Gasteiger partial charge < -0.3 is 19.8 Å². The molecular formula is C19H14Cl2N2O4. The van der Waals surface area contributed by atoms with Gasteiger partial charge in [-0.15, -0.1) is 0 Å². The first-order valence-electron chi connectivity index (χ1n) is 7.77. The quantitative estimate of drug-likeness (QED) is 0.619. The van der Waals surface area contributed by atoms with Gasteiger partial charge in [0.2, 0.25) is 0 Å². The summed E-state index contributed by atoms with van der Waals surface area (Å²) >= 11 is 12.0. The summed E-state index contributed by atoms with van der Waals surface area (Å²) in [6.45, 7) is 0. The van der Waals surface area contributed by atoms with Gasteiger partial charge >= 0.3 is 0 Å². The third kappa shape index (κ3) is 4.42. The van der Waals surface area contributed by atoms with Gasteiger partial charge in [0.25, 0.3) is 11.8 Å². The maximum absolute atomic E-state index is 12.6. The fourth-order valence-corrected chi connectivity index (χ4v) is 2.98. The minimum atomic E-state index is -0.453. The Kier molecular flexibility index (Phi) is 5.69. The lowest BCUT2D eigenvalue weighted by atomic mass is 10.1. The van der Waals surface area contributed by atoms with E-state index in [9.17, 15) is 9.59 Å². The highest BCUT2D eigenvalue weighted by Gasteiger charge is 2.17. The number of nitrogens with one attached hydrogen (secondary N) is 2. The van der Waals surface area contributed by atoms with Crippen molar-refractivity contribution in [2.75, 3.05) is 17.7 Å². The van der Waals surface area contributed by atoms with E-state index in [4.69, 9.17) is 32.4 Å². The number of hydrogen-bond acceptors (Lipinski definition) is 4. The van der Waals surface area contributed by atoms with E-state index < -0.39 is 11.8 Å². The number of carbonyl (C=O) groups excluding carboxylic acids is 2. The van der Waals surface area contributed by atoms with E-state index in [1.54, 1.807) is 36.4 Å². The normalized spacial score (nSPS) is 10.3. The van der Waals surface area contributed by atoms with Gasteiger partial charge in [0, 0.05) is 16.4 Å². The van der Waals surface area contributed by atoms with Crippen LogP contribution in [0.2, 0.25) is 10.0 Å². The molecule has 0 aliphatic carbocycles. The standard InChI is InChI=1S/C19H14Cl2N2O4/c1-26-17-14(8-11(20)9-15(17)21)18(24)22-12-4-2-5-13(10-12)23-19(25)16-6-3-7-27-16/h2-10H,1H3,(H,22,24)(H,23,25). The van der Waals surface area contributed by atoms with Gasteiger partial charge in [0.1, 0.15) is 5.75 Å². The smallest absolute Gasteiger partial charge is 0.291 e. The van der Waals surface area contributed by atoms with Crippen LogP contribution in [-0.4, -0.2) is 18.9 Å². The molecule has 1 heterocycles. The van der Waals surface area contributed by atoms with Crippen LogP contribution in [0.25, 0.3) is 0 Å². The molecule has 0 unspecified atom stereocenters. The van der Waals surface area contributed by atoms with Crippen molar-refractivity contribution >= 4 is 46.4 Å². The lowest BCUT2D eigenvalue weighted by molar-refractivity contribution is 0.0994. The number of benzene rings is 2. The monoisotopic (exact) mass is 404 g/mol. The molecule has 1 aromatic heterocycles. The van der Waals surface area contributed by atoms with E-state index in [-0.39, 0.29) is 22.1 Å². The zero-order valence-corrected chi connectivity index (χ0v) is 15.6. The lowest BCUT2D eigenvalue weighted by Gasteiger charge is -2.12. The maximum Gasteiger partial charge on any atom is 0.291 e. The summed E-state index contributed by atoms with van der Waals surface area (Å²) in [6.07, 6.45) is 1.41. The third-order valence-corrected chi connectivity index (χ3v) is 4.08. The number of furan rings is 1. The van der Waals surface area contributed by atoms with E-state index in [2.05, 4.69) is 10.6 Å². The molecule has 0 radical (unpaired) electrons. The largest absolute Gasteiger partial charge is 0.494 e. The van der Waals surface area contributed by atoms with Crippen LogP contribution in [0.5, 0.6) is 5.75 Å². The Morgan fingerprint density at radius 1 is 0.963 bits per heavy atom. The van der Waals surface area contributed by atoms with Gasteiger partial charge in [-0.2, -0.15) is 0 Å². The Balaban J connectivity index is 1.78. The number of halogens is 2. The Labute approximate surface area is 165 Å². The van der Waals surface area contributed by atoms with Crippen molar-refractivity contribution in [3.05, 3.63) is 76.2 Å². The number of hydrogen-bond donors (Lipinski definition) is 2. The van der Waals surface area contributed by atoms with E-state index in [1.807, 2.05) is 0 Å². The molecule has 2 amide bonds. The Bertz CT molecular complexity index is 987. The molecule has 2 aromatic carbocycles. The zero-order valence-electron chi connectivity index (χ0n) is 14.1. The molecule has 0 saturated carbocycles. The minimum Gasteiger partial charge on any atom is -0.494 e. The fourth-order valence-electron chi connectivity index (χ4n) is 2.41. The first-order chi connectivity index (χ1) is 13.0. The Morgan fingerprint density at radius 2 is 1.67 bits per heavy atom. The van der Waals surface area contributed by atoms with E-state index in [0.29, 0.717) is 16.4 Å². The van der Waals surface area contributed by atoms with Gasteiger partial charge in [-0.05, 0) is 42.5 Å². The second-order valence-electron chi connectivity index (χ2n) is 5.43. The number of amides is 2. The maximum atomic E-state index is 12.6. The predicted octanol–water partition coefficient (Wildman–Crippen LogP) is 5.10. The summed E-state index contributed by atoms with van der Waals surface area (Å²) in [4.78, 5) is 24.7. The molecular weight excluding hydrogens is 391 g/mol. The average molecular weight is 405 g/mol. The number of carbonyl (C=O) groups is 2. The van der Waals surface area contributed by atoms with Crippen molar-refractivity contribution in [2.45, 2.75) is 0 Å². The van der Waals surface area contributed by atoms with Crippen LogP contribution in [0.4, 0.5) is 11.4 Å². The first kappa shape index (κ1) is 18.8. The molecule has 0 spiro atoms. The molecule has 3 rings (SSSR count). The van der Waals surface area contributed by atoms with Gasteiger partial charge in [0.15, 0.2) is 5.76 Å². The van der Waals surface area contributed by atoms with Crippen molar-refractivity contribution in [1.29, 1.82) is 0 Å². The van der Waals surface area contributed by atoms with Crippen LogP contribution in [0.15, 0.2) is 59.2 Å². The second-order valence-corrected chi connectivity index (χ2v) is 6.28. The molecule has 0 aliphatic rings. The van der Waals surface area contributed by atoms with Crippen LogP contribution in [0.3, 0.4) is 0 Å². The molecule has 3 aromatic rings. The van der Waals surface area contributed by atoms with Crippen molar-refractivity contribution in [3.8, 4) is 5.75 Å². The first-order valence-corrected chi connectivity index (χ1v) is 8.53. The van der Waals surface area contributed by atoms with Crippen molar-refractivity contribution < 1.29 is 18.7 Å². The van der Waals surface area contributed by atoms with Crippen LogP contribution in [-0.2, 0) is 0 Å². The summed E-state index contributed by atoms with van der Waals surface area (Å²) in [5.41, 5.74) is 1.15. The minimum absolute atomic E-state index is 0.183. The number of ether oxygens (including phenoxy) is 1. The number of methoxy groups -OCH3 is 1. The third-order valence-electron chi connectivity index (χ3n) is 3.58. The zero-order chi connectivity index (χ0) is 19.4. The van der Waals surface area contributed by atoms with Gasteiger partial charge in [-0.1, -0.05) is 29.3 Å². The van der Waals surface area contributed by atoms with Crippen molar-refractivity contribution in [2.24, 2.45) is 0 Å². The second kappa shape index (κ2) is 8.16. The topological polar surface area (TPSA) is 80.6 Å². The molecule has 138 valence electrons. The molecule has 2 N–H and O–H groups in total. The van der Waals surface area contributed by atoms with Gasteiger partial charge in [0.05, 0.1) is 24.0 Å². The van der Waals surface area contributed by atoms with Crippen LogP contribution >= 0.6 is 23.2 Å². The van der Waals surface area contributed by atoms with Crippen LogP contribution < -0.4 is 15.4 Å². The Hall–Kier alpha value is -2.96. The molecule has 0 bridgehead atoms. The molecule has 0 atom stereocenters. The highest BCUT2D eigenvalue weighted by molar-refractivity contribution is 6.36. The highest BCUT2D eigenvalue weighted by atomic mass is 35.5. The molecule has 0 aliphatic heterocycles. The summed E-state index contributed by atoms with van der Waals surface area (Å²) < 4.78 is 10.2. The summed E-state index contributed by atoms with van der Waals surface area (Å²) in [5, 5.41) is 5.95. The number of anilines is 2. The highest BCUT2D eigenvalue weighted by Crippen LogP contribution is 2.32. The number of rotatable bonds is 5. The lowest BCUT2D eigenvalue weighted by Crippen LogP contribution is -2.14. The molecule has 0 saturated heterocycles. The van der Waals surface area contributed by atoms with Crippen molar-refractivity contribution in [3.63, 3.8) is 0 Å². The fraction of sp³-hybridized carbons (Fsp3) is 0.0526. The van der Waals surface area contributed by atoms with Crippen LogP contribution in [0, 0.1) is 0 Å². The van der Waals surface area contributed by atoms with E-state index >= 15 is 0 Å². The molecule has 6 nitrogen and oxygen atoms in total. The summed E-state index contributed by atoms with van der Waals surface area (Å²) in [7, 11) is 1.41. The summed E-state index contributed by atoms with van der Waals surface area (Å²) in [5.74, 6) is -0.443. The average Bonchev–Trinajstić information content (AvgIpc) is 3.16. The Morgan fingerprint density at radius 3 is 2.30 bits per heavy atom. The predicted molar refractivity (Wildman–Crippen MR) is 104 cm³/mol.